The SMILES string of the molecule is CCNC(=O)[C@H](CC)N(Cc1cccc(OC)c1)C(=O)CN(c1ccc(OCC)cc1)S(=O)(=O)c1ccc(OC)c(OC)c1. The molecule has 0 bridgehead atoms. The fourth-order valence-electron chi connectivity index (χ4n) is 4.69. The van der Waals surface area contributed by atoms with Crippen molar-refractivity contribution in [2.75, 3.05) is 45.3 Å². The van der Waals surface area contributed by atoms with Gasteiger partial charge in [0.15, 0.2) is 11.5 Å². The molecule has 0 aliphatic carbocycles. The monoisotopic (exact) mass is 627 g/mol. The van der Waals surface area contributed by atoms with Crippen molar-refractivity contribution < 1.29 is 37.0 Å². The number of nitrogens with zero attached hydrogens (tertiary/aromatic N) is 2. The van der Waals surface area contributed by atoms with E-state index < -0.39 is 28.5 Å². The van der Waals surface area contributed by atoms with Crippen LogP contribution in [0.15, 0.2) is 71.6 Å². The predicted octanol–water partition coefficient (Wildman–Crippen LogP) is 4.25. The van der Waals surface area contributed by atoms with Crippen molar-refractivity contribution in [2.24, 2.45) is 0 Å². The Morgan fingerprint density at radius 3 is 2.14 bits per heavy atom. The summed E-state index contributed by atoms with van der Waals surface area (Å²) in [5.74, 6) is 0.812. The quantitative estimate of drug-likeness (QED) is 0.250. The van der Waals surface area contributed by atoms with Gasteiger partial charge >= 0.3 is 0 Å². The van der Waals surface area contributed by atoms with Crippen LogP contribution in [0.5, 0.6) is 23.0 Å². The van der Waals surface area contributed by atoms with Crippen LogP contribution in [0.2, 0.25) is 0 Å². The van der Waals surface area contributed by atoms with Gasteiger partial charge in [0, 0.05) is 19.2 Å². The lowest BCUT2D eigenvalue weighted by molar-refractivity contribution is -0.140. The number of likely N-dealkylation sites (N-methyl/N-ethyl adjacent to an activating group) is 1. The molecule has 3 rings (SSSR count). The van der Waals surface area contributed by atoms with E-state index >= 15 is 0 Å². The van der Waals surface area contributed by atoms with Gasteiger partial charge in [-0.1, -0.05) is 19.1 Å². The first-order valence-corrected chi connectivity index (χ1v) is 15.7. The summed E-state index contributed by atoms with van der Waals surface area (Å²) in [6.45, 7) is 5.73. The van der Waals surface area contributed by atoms with Gasteiger partial charge in [0.25, 0.3) is 10.0 Å². The van der Waals surface area contributed by atoms with Gasteiger partial charge in [0.2, 0.25) is 11.8 Å². The number of anilines is 1. The summed E-state index contributed by atoms with van der Waals surface area (Å²) in [6, 6.07) is 17.0. The molecule has 0 aliphatic heterocycles. The fraction of sp³-hybridized carbons (Fsp3) is 0.375. The smallest absolute Gasteiger partial charge is 0.264 e. The first-order valence-electron chi connectivity index (χ1n) is 14.3. The van der Waals surface area contributed by atoms with Crippen molar-refractivity contribution in [2.45, 2.75) is 44.7 Å². The number of methoxy groups -OCH3 is 3. The van der Waals surface area contributed by atoms with Crippen LogP contribution in [0, 0.1) is 0 Å². The summed E-state index contributed by atoms with van der Waals surface area (Å²) in [5, 5.41) is 2.79. The number of nitrogens with one attached hydrogen (secondary N) is 1. The molecule has 44 heavy (non-hydrogen) atoms. The standard InChI is InChI=1S/C32H41N3O8S/c1-7-28(32(37)33-8-2)34(21-23-11-10-12-26(19-23)40-4)31(36)22-35(24-13-15-25(16-14-24)43-9-3)44(38,39)27-17-18-29(41-5)30(20-27)42-6/h10-20,28H,7-9,21-22H2,1-6H3,(H,33,37)/t28-/m0/s1. The van der Waals surface area contributed by atoms with Crippen molar-refractivity contribution in [1.29, 1.82) is 0 Å². The summed E-state index contributed by atoms with van der Waals surface area (Å²) >= 11 is 0. The second-order valence-electron chi connectivity index (χ2n) is 9.65. The molecule has 3 aromatic carbocycles. The zero-order chi connectivity index (χ0) is 32.3. The molecule has 2 amide bonds. The predicted molar refractivity (Wildman–Crippen MR) is 168 cm³/mol. The van der Waals surface area contributed by atoms with Gasteiger partial charge in [-0.15, -0.1) is 0 Å². The largest absolute Gasteiger partial charge is 0.497 e. The number of carbonyl (C=O) groups is 2. The number of hydrogen-bond donors (Lipinski definition) is 1. The first kappa shape index (κ1) is 34.0. The van der Waals surface area contributed by atoms with Crippen LogP contribution in [0.3, 0.4) is 0 Å². The minimum Gasteiger partial charge on any atom is -0.497 e. The van der Waals surface area contributed by atoms with Gasteiger partial charge in [0.1, 0.15) is 24.1 Å². The molecule has 0 spiro atoms. The third kappa shape index (κ3) is 8.13. The molecule has 238 valence electrons. The van der Waals surface area contributed by atoms with E-state index in [-0.39, 0.29) is 28.8 Å². The van der Waals surface area contributed by atoms with Gasteiger partial charge in [-0.3, -0.25) is 13.9 Å². The minimum absolute atomic E-state index is 0.0548. The lowest BCUT2D eigenvalue weighted by atomic mass is 10.1. The molecule has 1 atom stereocenters. The van der Waals surface area contributed by atoms with Gasteiger partial charge in [-0.2, -0.15) is 0 Å². The van der Waals surface area contributed by atoms with Crippen LogP contribution in [0.1, 0.15) is 32.8 Å². The average Bonchev–Trinajstić information content (AvgIpc) is 3.03. The van der Waals surface area contributed by atoms with Crippen LogP contribution >= 0.6 is 0 Å². The van der Waals surface area contributed by atoms with Gasteiger partial charge < -0.3 is 29.2 Å². The lowest BCUT2D eigenvalue weighted by Crippen LogP contribution is -2.52. The Kier molecular flexibility index (Phi) is 12.3. The van der Waals surface area contributed by atoms with Crippen molar-refractivity contribution in [3.05, 3.63) is 72.3 Å². The van der Waals surface area contributed by atoms with Crippen LogP contribution in [-0.4, -0.2) is 72.2 Å². The molecule has 0 radical (unpaired) electrons. The zero-order valence-corrected chi connectivity index (χ0v) is 26.8. The Labute approximate surface area is 259 Å². The van der Waals surface area contributed by atoms with E-state index in [0.29, 0.717) is 36.8 Å². The van der Waals surface area contributed by atoms with Gasteiger partial charge in [0.05, 0.1) is 38.5 Å². The molecule has 0 saturated heterocycles. The van der Waals surface area contributed by atoms with E-state index in [2.05, 4.69) is 5.32 Å². The topological polar surface area (TPSA) is 124 Å². The van der Waals surface area contributed by atoms with Gasteiger partial charge in [-0.05, 0) is 74.4 Å². The third-order valence-electron chi connectivity index (χ3n) is 6.88. The molecule has 0 saturated carbocycles. The van der Waals surface area contributed by atoms with Crippen LogP contribution in [-0.2, 0) is 26.2 Å². The summed E-state index contributed by atoms with van der Waals surface area (Å²) in [6.07, 6.45) is 0.313. The second-order valence-corrected chi connectivity index (χ2v) is 11.5. The Bertz CT molecular complexity index is 1510. The van der Waals surface area contributed by atoms with E-state index in [1.165, 1.54) is 37.3 Å². The molecule has 11 nitrogen and oxygen atoms in total. The van der Waals surface area contributed by atoms with E-state index in [1.54, 1.807) is 63.4 Å². The Hall–Kier alpha value is -4.45. The zero-order valence-electron chi connectivity index (χ0n) is 26.0. The summed E-state index contributed by atoms with van der Waals surface area (Å²) < 4.78 is 51.0. The van der Waals surface area contributed by atoms with Crippen LogP contribution < -0.4 is 28.6 Å². The number of amides is 2. The highest BCUT2D eigenvalue weighted by molar-refractivity contribution is 7.92. The highest BCUT2D eigenvalue weighted by Gasteiger charge is 2.34. The fourth-order valence-corrected chi connectivity index (χ4v) is 6.12. The molecule has 0 unspecified atom stereocenters. The van der Waals surface area contributed by atoms with Gasteiger partial charge in [-0.25, -0.2) is 8.42 Å². The van der Waals surface area contributed by atoms with E-state index in [0.717, 1.165) is 9.87 Å². The molecule has 3 aromatic rings. The molecular formula is C32H41N3O8S. The maximum atomic E-state index is 14.2. The lowest BCUT2D eigenvalue weighted by Gasteiger charge is -2.33. The van der Waals surface area contributed by atoms with Crippen molar-refractivity contribution in [1.82, 2.24) is 10.2 Å². The van der Waals surface area contributed by atoms with Crippen molar-refractivity contribution in [3.63, 3.8) is 0 Å². The van der Waals surface area contributed by atoms with E-state index in [1.807, 2.05) is 13.0 Å². The highest BCUT2D eigenvalue weighted by atomic mass is 32.2. The Balaban J connectivity index is 2.11. The molecule has 12 heteroatoms. The van der Waals surface area contributed by atoms with E-state index in [9.17, 15) is 18.0 Å². The maximum Gasteiger partial charge on any atom is 0.264 e. The highest BCUT2D eigenvalue weighted by Crippen LogP contribution is 2.33. The summed E-state index contributed by atoms with van der Waals surface area (Å²) in [5.41, 5.74) is 0.958. The van der Waals surface area contributed by atoms with Crippen molar-refractivity contribution in [3.8, 4) is 23.0 Å². The molecule has 0 aromatic heterocycles. The molecular weight excluding hydrogens is 586 g/mol. The number of rotatable bonds is 16. The van der Waals surface area contributed by atoms with E-state index in [4.69, 9.17) is 18.9 Å². The average molecular weight is 628 g/mol. The molecule has 0 aliphatic rings. The number of sulfonamides is 1. The normalized spacial score (nSPS) is 11.7. The number of ether oxygens (including phenoxy) is 4. The number of carbonyl (C=O) groups excluding carboxylic acids is 2. The summed E-state index contributed by atoms with van der Waals surface area (Å²) in [4.78, 5) is 28.6. The van der Waals surface area contributed by atoms with Crippen LogP contribution in [0.4, 0.5) is 5.69 Å². The second kappa shape index (κ2) is 15.9. The summed E-state index contributed by atoms with van der Waals surface area (Å²) in [7, 11) is 0.0765. The minimum atomic E-state index is -4.32. The number of benzene rings is 3. The van der Waals surface area contributed by atoms with Crippen molar-refractivity contribution >= 4 is 27.5 Å². The molecule has 1 N–H and O–H groups in total. The first-order chi connectivity index (χ1) is 21.1. The Morgan fingerprint density at radius 2 is 1.55 bits per heavy atom. The third-order valence-corrected chi connectivity index (χ3v) is 8.65. The Morgan fingerprint density at radius 1 is 0.841 bits per heavy atom. The molecule has 0 heterocycles. The maximum absolute atomic E-state index is 14.2. The molecule has 0 fully saturated rings. The number of hydrogen-bond acceptors (Lipinski definition) is 8. The van der Waals surface area contributed by atoms with Crippen LogP contribution in [0.25, 0.3) is 0 Å².